The lowest BCUT2D eigenvalue weighted by molar-refractivity contribution is 0.540. The van der Waals surface area contributed by atoms with Crippen LogP contribution in [0.2, 0.25) is 0 Å². The molecule has 0 fully saturated rings. The number of hydrogen-bond acceptors (Lipinski definition) is 3. The van der Waals surface area contributed by atoms with Crippen molar-refractivity contribution in [2.24, 2.45) is 0 Å². The van der Waals surface area contributed by atoms with E-state index < -0.39 is 0 Å². The number of aryl methyl sites for hydroxylation is 1. The highest BCUT2D eigenvalue weighted by molar-refractivity contribution is 7.11. The Bertz CT molecular complexity index is 487. The zero-order chi connectivity index (χ0) is 13.0. The molecule has 0 saturated carbocycles. The molecule has 0 aromatic carbocycles. The molecule has 0 saturated heterocycles. The molecule has 0 bridgehead atoms. The predicted octanol–water partition coefficient (Wildman–Crippen LogP) is 3.36. The lowest BCUT2D eigenvalue weighted by Gasteiger charge is -2.13. The highest BCUT2D eigenvalue weighted by Crippen LogP contribution is 2.20. The van der Waals surface area contributed by atoms with E-state index in [0.29, 0.717) is 6.04 Å². The van der Waals surface area contributed by atoms with Crippen LogP contribution in [-0.2, 0) is 6.54 Å². The van der Waals surface area contributed by atoms with Gasteiger partial charge in [0.1, 0.15) is 0 Å². The summed E-state index contributed by atoms with van der Waals surface area (Å²) < 4.78 is 2.24. The van der Waals surface area contributed by atoms with Crippen molar-refractivity contribution < 1.29 is 0 Å². The van der Waals surface area contributed by atoms with Crippen molar-refractivity contribution in [2.75, 3.05) is 7.05 Å². The fourth-order valence-electron chi connectivity index (χ4n) is 2.19. The second-order valence-corrected chi connectivity index (χ2v) is 5.91. The van der Waals surface area contributed by atoms with Crippen molar-refractivity contribution in [1.29, 1.82) is 0 Å². The van der Waals surface area contributed by atoms with Gasteiger partial charge in [-0.15, -0.1) is 11.3 Å². The van der Waals surface area contributed by atoms with Crippen molar-refractivity contribution in [3.05, 3.63) is 40.1 Å². The van der Waals surface area contributed by atoms with Crippen LogP contribution in [0, 0.1) is 6.92 Å². The van der Waals surface area contributed by atoms with Crippen LogP contribution in [0.3, 0.4) is 0 Å². The molecule has 3 nitrogen and oxygen atoms in total. The average molecular weight is 263 g/mol. The van der Waals surface area contributed by atoms with Crippen LogP contribution in [0.25, 0.3) is 0 Å². The number of aromatic nitrogens is 2. The van der Waals surface area contributed by atoms with E-state index in [1.807, 2.05) is 20.2 Å². The molecule has 1 unspecified atom stereocenters. The third-order valence-electron chi connectivity index (χ3n) is 3.11. The summed E-state index contributed by atoms with van der Waals surface area (Å²) in [6.45, 7) is 5.20. The zero-order valence-corrected chi connectivity index (χ0v) is 12.1. The van der Waals surface area contributed by atoms with Gasteiger partial charge in [-0.2, -0.15) is 0 Å². The number of rotatable bonds is 6. The Morgan fingerprint density at radius 2 is 2.33 bits per heavy atom. The van der Waals surface area contributed by atoms with E-state index in [-0.39, 0.29) is 0 Å². The highest BCUT2D eigenvalue weighted by Gasteiger charge is 2.09. The molecule has 2 aromatic rings. The van der Waals surface area contributed by atoms with Gasteiger partial charge >= 0.3 is 0 Å². The average Bonchev–Trinajstić information content (AvgIpc) is 2.96. The lowest BCUT2D eigenvalue weighted by atomic mass is 10.1. The van der Waals surface area contributed by atoms with Gasteiger partial charge in [0.15, 0.2) is 0 Å². The summed E-state index contributed by atoms with van der Waals surface area (Å²) in [6, 6.07) is 2.68. The first-order valence-electron chi connectivity index (χ1n) is 6.47. The summed E-state index contributed by atoms with van der Waals surface area (Å²) in [7, 11) is 2.03. The lowest BCUT2D eigenvalue weighted by Crippen LogP contribution is -2.15. The fourth-order valence-corrected chi connectivity index (χ4v) is 2.99. The van der Waals surface area contributed by atoms with Crippen molar-refractivity contribution >= 4 is 11.3 Å². The van der Waals surface area contributed by atoms with Gasteiger partial charge in [0.25, 0.3) is 0 Å². The maximum absolute atomic E-state index is 4.29. The number of thiazole rings is 1. The predicted molar refractivity (Wildman–Crippen MR) is 77.1 cm³/mol. The van der Waals surface area contributed by atoms with Crippen LogP contribution < -0.4 is 5.32 Å². The Kier molecular flexibility index (Phi) is 4.55. The Hall–Kier alpha value is -1.13. The van der Waals surface area contributed by atoms with Gasteiger partial charge in [-0.1, -0.05) is 13.3 Å². The number of hydrogen-bond donors (Lipinski definition) is 1. The van der Waals surface area contributed by atoms with E-state index in [1.165, 1.54) is 23.3 Å². The molecular formula is C14H21N3S. The number of nitrogens with one attached hydrogen (secondary N) is 1. The first-order valence-corrected chi connectivity index (χ1v) is 7.28. The highest BCUT2D eigenvalue weighted by atomic mass is 32.1. The molecule has 0 amide bonds. The van der Waals surface area contributed by atoms with Crippen molar-refractivity contribution in [2.45, 2.75) is 39.3 Å². The first kappa shape index (κ1) is 13.3. The summed E-state index contributed by atoms with van der Waals surface area (Å²) in [5, 5.41) is 4.51. The standard InChI is InChI=1S/C14H21N3S/c1-4-5-14(15-3)12-6-7-17(9-12)10-13-8-16-11(2)18-13/h6-9,14-15H,4-5,10H2,1-3H3. The molecule has 0 radical (unpaired) electrons. The van der Waals surface area contributed by atoms with E-state index in [1.54, 1.807) is 11.3 Å². The first-order chi connectivity index (χ1) is 8.72. The van der Waals surface area contributed by atoms with Crippen LogP contribution in [0.5, 0.6) is 0 Å². The monoisotopic (exact) mass is 263 g/mol. The van der Waals surface area contributed by atoms with Crippen LogP contribution in [0.4, 0.5) is 0 Å². The normalized spacial score (nSPS) is 12.8. The second kappa shape index (κ2) is 6.16. The zero-order valence-electron chi connectivity index (χ0n) is 11.3. The Morgan fingerprint density at radius 1 is 1.50 bits per heavy atom. The Balaban J connectivity index is 2.05. The summed E-state index contributed by atoms with van der Waals surface area (Å²) in [4.78, 5) is 5.60. The van der Waals surface area contributed by atoms with Gasteiger partial charge in [-0.05, 0) is 32.0 Å². The molecule has 0 aliphatic carbocycles. The van der Waals surface area contributed by atoms with E-state index in [0.717, 1.165) is 11.6 Å². The largest absolute Gasteiger partial charge is 0.349 e. The van der Waals surface area contributed by atoms with Crippen LogP contribution >= 0.6 is 11.3 Å². The van der Waals surface area contributed by atoms with Gasteiger partial charge in [-0.25, -0.2) is 4.98 Å². The molecule has 98 valence electrons. The molecule has 2 aromatic heterocycles. The van der Waals surface area contributed by atoms with E-state index in [9.17, 15) is 0 Å². The number of nitrogens with zero attached hydrogens (tertiary/aromatic N) is 2. The molecular weight excluding hydrogens is 242 g/mol. The third-order valence-corrected chi connectivity index (χ3v) is 4.01. The fraction of sp³-hybridized carbons (Fsp3) is 0.500. The maximum atomic E-state index is 4.29. The Morgan fingerprint density at radius 3 is 2.94 bits per heavy atom. The Labute approximate surface area is 113 Å². The molecule has 0 aliphatic rings. The van der Waals surface area contributed by atoms with E-state index >= 15 is 0 Å². The van der Waals surface area contributed by atoms with E-state index in [2.05, 4.69) is 40.3 Å². The summed E-state index contributed by atoms with van der Waals surface area (Å²) >= 11 is 1.77. The molecule has 18 heavy (non-hydrogen) atoms. The minimum Gasteiger partial charge on any atom is -0.349 e. The molecule has 2 heterocycles. The quantitative estimate of drug-likeness (QED) is 0.866. The van der Waals surface area contributed by atoms with E-state index in [4.69, 9.17) is 0 Å². The van der Waals surface area contributed by atoms with Crippen molar-refractivity contribution in [1.82, 2.24) is 14.9 Å². The SMILES string of the molecule is CCCC(NC)c1ccn(Cc2cnc(C)s2)c1. The van der Waals surface area contributed by atoms with Crippen molar-refractivity contribution in [3.63, 3.8) is 0 Å². The van der Waals surface area contributed by atoms with Crippen LogP contribution in [0.15, 0.2) is 24.7 Å². The van der Waals surface area contributed by atoms with Crippen LogP contribution in [0.1, 0.15) is 41.3 Å². The molecule has 1 N–H and O–H groups in total. The van der Waals surface area contributed by atoms with Gasteiger partial charge in [0.2, 0.25) is 0 Å². The molecule has 4 heteroatoms. The molecule has 0 spiro atoms. The topological polar surface area (TPSA) is 29.9 Å². The smallest absolute Gasteiger partial charge is 0.0897 e. The molecule has 2 rings (SSSR count). The minimum atomic E-state index is 0.472. The van der Waals surface area contributed by atoms with Gasteiger partial charge in [-0.3, -0.25) is 0 Å². The summed E-state index contributed by atoms with van der Waals surface area (Å²) in [5.41, 5.74) is 1.38. The maximum Gasteiger partial charge on any atom is 0.0897 e. The summed E-state index contributed by atoms with van der Waals surface area (Å²) in [6.07, 6.45) is 8.75. The molecule has 0 aliphatic heterocycles. The van der Waals surface area contributed by atoms with Crippen LogP contribution in [-0.4, -0.2) is 16.6 Å². The van der Waals surface area contributed by atoms with Gasteiger partial charge < -0.3 is 9.88 Å². The van der Waals surface area contributed by atoms with Gasteiger partial charge in [0.05, 0.1) is 11.6 Å². The van der Waals surface area contributed by atoms with Crippen molar-refractivity contribution in [3.8, 4) is 0 Å². The molecule has 1 atom stereocenters. The van der Waals surface area contributed by atoms with Gasteiger partial charge in [0, 0.05) is 29.5 Å². The summed E-state index contributed by atoms with van der Waals surface area (Å²) in [5.74, 6) is 0. The second-order valence-electron chi connectivity index (χ2n) is 4.59. The third kappa shape index (κ3) is 3.21. The minimum absolute atomic E-state index is 0.472.